The van der Waals surface area contributed by atoms with E-state index in [1.807, 2.05) is 6.92 Å². The van der Waals surface area contributed by atoms with Crippen LogP contribution < -0.4 is 0 Å². The molecule has 1 aromatic carbocycles. The molecule has 13 heavy (non-hydrogen) atoms. The first-order chi connectivity index (χ1) is 6.18. The Bertz CT molecular complexity index is 466. The number of fused-ring (bicyclic) bond motifs is 1. The van der Waals surface area contributed by atoms with E-state index in [0.29, 0.717) is 10.9 Å². The van der Waals surface area contributed by atoms with Crippen LogP contribution in [0.15, 0.2) is 24.4 Å². The van der Waals surface area contributed by atoms with Gasteiger partial charge in [0.2, 0.25) is 0 Å². The van der Waals surface area contributed by atoms with Crippen molar-refractivity contribution in [3.8, 4) is 0 Å². The van der Waals surface area contributed by atoms with Crippen LogP contribution in [0.25, 0.3) is 10.9 Å². The summed E-state index contributed by atoms with van der Waals surface area (Å²) in [4.78, 5) is 3.94. The van der Waals surface area contributed by atoms with E-state index in [9.17, 15) is 8.78 Å². The van der Waals surface area contributed by atoms with Gasteiger partial charge in [0.05, 0.1) is 5.52 Å². The molecule has 0 aliphatic heterocycles. The topological polar surface area (TPSA) is 12.9 Å². The van der Waals surface area contributed by atoms with Gasteiger partial charge in [-0.3, -0.25) is 4.98 Å². The highest BCUT2D eigenvalue weighted by Crippen LogP contribution is 2.19. The first-order valence-electron chi connectivity index (χ1n) is 3.89. The molecule has 1 aromatic heterocycles. The van der Waals surface area contributed by atoms with Crippen molar-refractivity contribution < 1.29 is 8.78 Å². The van der Waals surface area contributed by atoms with Crippen LogP contribution in [0.2, 0.25) is 0 Å². The number of aromatic nitrogens is 1. The van der Waals surface area contributed by atoms with E-state index in [2.05, 4.69) is 4.98 Å². The average molecular weight is 179 g/mol. The summed E-state index contributed by atoms with van der Waals surface area (Å²) in [6, 6.07) is 4.05. The molecule has 0 aliphatic rings. The summed E-state index contributed by atoms with van der Waals surface area (Å²) in [5.41, 5.74) is 1.38. The molecule has 0 atom stereocenters. The summed E-state index contributed by atoms with van der Waals surface area (Å²) in [5.74, 6) is -1.69. The standard InChI is InChI=1S/C10H7F2N/c1-6-2-3-13-10-5-9(12)8(11)4-7(6)10/h2-5H,1H3. The van der Waals surface area contributed by atoms with Gasteiger partial charge in [0, 0.05) is 17.6 Å². The molecule has 3 heteroatoms. The summed E-state index contributed by atoms with van der Waals surface area (Å²) < 4.78 is 25.6. The molecule has 0 N–H and O–H groups in total. The second-order valence-corrected chi connectivity index (χ2v) is 2.91. The van der Waals surface area contributed by atoms with Crippen LogP contribution >= 0.6 is 0 Å². The van der Waals surface area contributed by atoms with Crippen molar-refractivity contribution in [1.82, 2.24) is 4.98 Å². The van der Waals surface area contributed by atoms with E-state index in [0.717, 1.165) is 11.6 Å². The minimum atomic E-state index is -0.856. The first-order valence-corrected chi connectivity index (χ1v) is 3.89. The summed E-state index contributed by atoms with van der Waals surface area (Å²) in [7, 11) is 0. The molecule has 1 nitrogen and oxygen atoms in total. The van der Waals surface area contributed by atoms with Crippen LogP contribution in [0.4, 0.5) is 8.78 Å². The maximum atomic E-state index is 12.8. The van der Waals surface area contributed by atoms with E-state index < -0.39 is 11.6 Å². The van der Waals surface area contributed by atoms with E-state index in [4.69, 9.17) is 0 Å². The zero-order chi connectivity index (χ0) is 9.42. The summed E-state index contributed by atoms with van der Waals surface area (Å²) in [6.45, 7) is 1.83. The molecule has 2 aromatic rings. The Morgan fingerprint density at radius 2 is 1.85 bits per heavy atom. The fraction of sp³-hybridized carbons (Fsp3) is 0.100. The molecule has 0 saturated heterocycles. The molecule has 0 bridgehead atoms. The van der Waals surface area contributed by atoms with Gasteiger partial charge >= 0.3 is 0 Å². The van der Waals surface area contributed by atoms with Crippen molar-refractivity contribution in [3.63, 3.8) is 0 Å². The molecule has 0 spiro atoms. The second-order valence-electron chi connectivity index (χ2n) is 2.91. The molecule has 0 radical (unpaired) electrons. The smallest absolute Gasteiger partial charge is 0.161 e. The third-order valence-electron chi connectivity index (χ3n) is 2.00. The average Bonchev–Trinajstić information content (AvgIpc) is 2.09. The van der Waals surface area contributed by atoms with Crippen molar-refractivity contribution in [3.05, 3.63) is 41.6 Å². The lowest BCUT2D eigenvalue weighted by atomic mass is 10.1. The Labute approximate surface area is 74.0 Å². The normalized spacial score (nSPS) is 10.7. The van der Waals surface area contributed by atoms with Crippen LogP contribution in [0.5, 0.6) is 0 Å². The minimum Gasteiger partial charge on any atom is -0.256 e. The van der Waals surface area contributed by atoms with Crippen molar-refractivity contribution in [2.45, 2.75) is 6.92 Å². The van der Waals surface area contributed by atoms with Gasteiger partial charge in [0.25, 0.3) is 0 Å². The Morgan fingerprint density at radius 3 is 2.62 bits per heavy atom. The lowest BCUT2D eigenvalue weighted by Crippen LogP contribution is -1.88. The maximum Gasteiger partial charge on any atom is 0.161 e. The molecule has 0 fully saturated rings. The van der Waals surface area contributed by atoms with E-state index >= 15 is 0 Å². The number of benzene rings is 1. The number of rotatable bonds is 0. The van der Waals surface area contributed by atoms with Gasteiger partial charge in [-0.1, -0.05) is 0 Å². The van der Waals surface area contributed by atoms with Crippen LogP contribution in [0, 0.1) is 18.6 Å². The van der Waals surface area contributed by atoms with E-state index in [1.165, 1.54) is 6.07 Å². The molecule has 0 saturated carbocycles. The number of hydrogen-bond donors (Lipinski definition) is 0. The van der Waals surface area contributed by atoms with Crippen LogP contribution in [-0.4, -0.2) is 4.98 Å². The number of aryl methyl sites for hydroxylation is 1. The Balaban J connectivity index is 2.89. The third-order valence-corrected chi connectivity index (χ3v) is 2.00. The van der Waals surface area contributed by atoms with Crippen molar-refractivity contribution in [1.29, 1.82) is 0 Å². The van der Waals surface area contributed by atoms with Gasteiger partial charge in [-0.2, -0.15) is 0 Å². The highest BCUT2D eigenvalue weighted by Gasteiger charge is 2.05. The fourth-order valence-corrected chi connectivity index (χ4v) is 1.28. The predicted octanol–water partition coefficient (Wildman–Crippen LogP) is 2.82. The molecule has 0 aliphatic carbocycles. The van der Waals surface area contributed by atoms with Crippen LogP contribution in [-0.2, 0) is 0 Å². The van der Waals surface area contributed by atoms with Crippen molar-refractivity contribution >= 4 is 10.9 Å². The fourth-order valence-electron chi connectivity index (χ4n) is 1.28. The van der Waals surface area contributed by atoms with Crippen molar-refractivity contribution in [2.24, 2.45) is 0 Å². The minimum absolute atomic E-state index is 0.485. The Kier molecular flexibility index (Phi) is 1.72. The van der Waals surface area contributed by atoms with Gasteiger partial charge < -0.3 is 0 Å². The van der Waals surface area contributed by atoms with Gasteiger partial charge in [-0.15, -0.1) is 0 Å². The second kappa shape index (κ2) is 2.76. The lowest BCUT2D eigenvalue weighted by Gasteiger charge is -2.01. The molecule has 2 rings (SSSR count). The van der Waals surface area contributed by atoms with Gasteiger partial charge in [0.15, 0.2) is 11.6 Å². The lowest BCUT2D eigenvalue weighted by molar-refractivity contribution is 0.510. The molecule has 66 valence electrons. The SMILES string of the molecule is Cc1ccnc2cc(F)c(F)cc12. The molecular formula is C10H7F2N. The Hall–Kier alpha value is -1.51. The number of pyridine rings is 1. The summed E-state index contributed by atoms with van der Waals surface area (Å²) in [5, 5.41) is 0.654. The van der Waals surface area contributed by atoms with E-state index in [1.54, 1.807) is 12.3 Å². The predicted molar refractivity (Wildman–Crippen MR) is 46.4 cm³/mol. The first kappa shape index (κ1) is 8.10. The highest BCUT2D eigenvalue weighted by molar-refractivity contribution is 5.81. The van der Waals surface area contributed by atoms with Crippen LogP contribution in [0.1, 0.15) is 5.56 Å². The monoisotopic (exact) mass is 179 g/mol. The number of halogens is 2. The Morgan fingerprint density at radius 1 is 1.15 bits per heavy atom. The largest absolute Gasteiger partial charge is 0.256 e. The zero-order valence-corrected chi connectivity index (χ0v) is 7.01. The zero-order valence-electron chi connectivity index (χ0n) is 7.01. The van der Waals surface area contributed by atoms with Crippen molar-refractivity contribution in [2.75, 3.05) is 0 Å². The van der Waals surface area contributed by atoms with Gasteiger partial charge in [0.1, 0.15) is 0 Å². The highest BCUT2D eigenvalue weighted by atomic mass is 19.2. The molecule has 0 amide bonds. The van der Waals surface area contributed by atoms with E-state index in [-0.39, 0.29) is 0 Å². The molecule has 1 heterocycles. The quantitative estimate of drug-likeness (QED) is 0.606. The van der Waals surface area contributed by atoms with Crippen LogP contribution in [0.3, 0.4) is 0 Å². The summed E-state index contributed by atoms with van der Waals surface area (Å²) in [6.07, 6.45) is 1.58. The molecular weight excluding hydrogens is 172 g/mol. The number of hydrogen-bond acceptors (Lipinski definition) is 1. The maximum absolute atomic E-state index is 12.8. The third kappa shape index (κ3) is 1.26. The van der Waals surface area contributed by atoms with Gasteiger partial charge in [-0.25, -0.2) is 8.78 Å². The van der Waals surface area contributed by atoms with Gasteiger partial charge in [-0.05, 0) is 24.6 Å². The number of nitrogens with zero attached hydrogens (tertiary/aromatic N) is 1. The molecule has 0 unspecified atom stereocenters. The summed E-state index contributed by atoms with van der Waals surface area (Å²) >= 11 is 0.